The van der Waals surface area contributed by atoms with E-state index in [4.69, 9.17) is 34.3 Å². The van der Waals surface area contributed by atoms with Gasteiger partial charge in [0.2, 0.25) is 5.91 Å². The molecule has 2 fully saturated rings. The van der Waals surface area contributed by atoms with E-state index < -0.39 is 5.54 Å². The highest BCUT2D eigenvalue weighted by Crippen LogP contribution is 2.44. The molecule has 0 spiro atoms. The summed E-state index contributed by atoms with van der Waals surface area (Å²) in [5.41, 5.74) is 8.90. The molecule has 0 aromatic heterocycles. The summed E-state index contributed by atoms with van der Waals surface area (Å²) in [6.07, 6.45) is 6.75. The van der Waals surface area contributed by atoms with Crippen LogP contribution in [0.1, 0.15) is 49.7 Å². The van der Waals surface area contributed by atoms with Gasteiger partial charge in [-0.15, -0.1) is 0 Å². The quantitative estimate of drug-likeness (QED) is 0.207. The van der Waals surface area contributed by atoms with Crippen LogP contribution < -0.4 is 26.2 Å². The lowest BCUT2D eigenvalue weighted by atomic mass is 10.0. The first-order valence-corrected chi connectivity index (χ1v) is 13.6. The van der Waals surface area contributed by atoms with Crippen molar-refractivity contribution < 1.29 is 4.79 Å². The molecule has 7 nitrogen and oxygen atoms in total. The molecule has 5 N–H and O–H groups in total. The topological polar surface area (TPSA) is 97.5 Å². The Balaban J connectivity index is 1.21. The average Bonchev–Trinajstić information content (AvgIpc) is 3.79. The molecule has 1 amide bonds. The van der Waals surface area contributed by atoms with Gasteiger partial charge in [-0.1, -0.05) is 35.3 Å². The fraction of sp³-hybridized carbons (Fsp3) is 0.481. The number of hydrogen-bond acceptors (Lipinski definition) is 4. The first kappa shape index (κ1) is 25.2. The number of guanidine groups is 1. The Kier molecular flexibility index (Phi) is 7.33. The molecule has 0 bridgehead atoms. The van der Waals surface area contributed by atoms with E-state index in [-0.39, 0.29) is 11.9 Å². The predicted octanol–water partition coefficient (Wildman–Crippen LogP) is 4.44. The summed E-state index contributed by atoms with van der Waals surface area (Å²) in [4.78, 5) is 18.2. The summed E-state index contributed by atoms with van der Waals surface area (Å²) in [6.45, 7) is 2.77. The molecule has 3 aliphatic rings. The van der Waals surface area contributed by atoms with Crippen LogP contribution in [0.25, 0.3) is 0 Å². The maximum atomic E-state index is 13.7. The molecule has 1 heterocycles. The fourth-order valence-electron chi connectivity index (χ4n) is 5.09. The van der Waals surface area contributed by atoms with E-state index in [1.165, 1.54) is 18.5 Å². The molecule has 2 aromatic rings. The number of anilines is 2. The summed E-state index contributed by atoms with van der Waals surface area (Å²) in [6, 6.07) is 12.8. The molecule has 1 aliphatic heterocycles. The second-order valence-corrected chi connectivity index (χ2v) is 11.0. The highest BCUT2D eigenvalue weighted by atomic mass is 35.5. The highest BCUT2D eigenvalue weighted by molar-refractivity contribution is 6.34. The van der Waals surface area contributed by atoms with Crippen LogP contribution in [0.4, 0.5) is 11.4 Å². The number of carbonyl (C=O) groups excluding carboxylic acids is 1. The maximum Gasteiger partial charge on any atom is 0.247 e. The smallest absolute Gasteiger partial charge is 0.247 e. The molecule has 192 valence electrons. The molecular formula is C27H34Cl2N6O. The van der Waals surface area contributed by atoms with Crippen molar-refractivity contribution in [2.75, 3.05) is 29.4 Å². The van der Waals surface area contributed by atoms with Gasteiger partial charge in [-0.25, -0.2) is 0 Å². The number of aryl methyl sites for hydroxylation is 1. The lowest BCUT2D eigenvalue weighted by Gasteiger charge is -2.39. The van der Waals surface area contributed by atoms with Gasteiger partial charge < -0.3 is 20.9 Å². The first-order valence-electron chi connectivity index (χ1n) is 12.9. The Labute approximate surface area is 222 Å². The third-order valence-electron chi connectivity index (χ3n) is 7.46. The number of hydrogen-bond donors (Lipinski definition) is 4. The largest absolute Gasteiger partial charge is 0.370 e. The Morgan fingerprint density at radius 2 is 1.75 bits per heavy atom. The van der Waals surface area contributed by atoms with Gasteiger partial charge in [-0.05, 0) is 80.3 Å². The van der Waals surface area contributed by atoms with Crippen LogP contribution in [0, 0.1) is 5.41 Å². The molecule has 36 heavy (non-hydrogen) atoms. The van der Waals surface area contributed by atoms with Crippen molar-refractivity contribution in [1.82, 2.24) is 10.6 Å². The number of halogens is 2. The van der Waals surface area contributed by atoms with Crippen LogP contribution in [0.5, 0.6) is 0 Å². The monoisotopic (exact) mass is 528 g/mol. The van der Waals surface area contributed by atoms with E-state index in [1.54, 1.807) is 0 Å². The molecule has 2 saturated carbocycles. The molecule has 2 aromatic carbocycles. The summed E-state index contributed by atoms with van der Waals surface area (Å²) in [5.74, 6) is 0.146. The number of carbonyl (C=O) groups is 1. The minimum absolute atomic E-state index is 0.00966. The van der Waals surface area contributed by atoms with Crippen molar-refractivity contribution in [3.8, 4) is 0 Å². The van der Waals surface area contributed by atoms with Crippen molar-refractivity contribution >= 4 is 46.4 Å². The molecule has 5 rings (SSSR count). The Morgan fingerprint density at radius 1 is 1.06 bits per heavy atom. The second kappa shape index (κ2) is 10.5. The summed E-state index contributed by atoms with van der Waals surface area (Å²) >= 11 is 13.2. The Bertz CT molecular complexity index is 1150. The third-order valence-corrected chi connectivity index (χ3v) is 8.16. The number of unbranched alkanes of at least 4 members (excludes halogenated alkanes) is 1. The van der Waals surface area contributed by atoms with E-state index in [9.17, 15) is 4.79 Å². The molecule has 0 atom stereocenters. The fourth-order valence-corrected chi connectivity index (χ4v) is 5.63. The zero-order valence-electron chi connectivity index (χ0n) is 20.5. The Morgan fingerprint density at radius 3 is 2.44 bits per heavy atom. The maximum absolute atomic E-state index is 13.7. The number of benzene rings is 2. The zero-order chi connectivity index (χ0) is 25.3. The molecule has 9 heteroatoms. The number of amides is 1. The van der Waals surface area contributed by atoms with Gasteiger partial charge >= 0.3 is 0 Å². The number of fused-ring (bicyclic) bond motifs is 1. The standard InChI is InChI=1S/C27H34Cl2N6O/c28-21-16-19(22(29)15-18(21)5-3-4-12-32-26(30)31)17-33-27(10-11-27)25(36)35-14-13-34(20-8-9-20)23-6-1-2-7-24(23)35/h1-2,6-7,15-16,20,33H,3-5,8-14,17H2,(H4,30,31,32). The second-order valence-electron chi connectivity index (χ2n) is 10.1. The molecule has 0 unspecified atom stereocenters. The van der Waals surface area contributed by atoms with Crippen LogP contribution in [0.2, 0.25) is 10.0 Å². The average molecular weight is 530 g/mol. The predicted molar refractivity (Wildman–Crippen MR) is 147 cm³/mol. The minimum Gasteiger partial charge on any atom is -0.370 e. The van der Waals surface area contributed by atoms with E-state index in [2.05, 4.69) is 33.7 Å². The zero-order valence-corrected chi connectivity index (χ0v) is 22.0. The van der Waals surface area contributed by atoms with Crippen LogP contribution >= 0.6 is 23.2 Å². The van der Waals surface area contributed by atoms with Crippen molar-refractivity contribution in [2.24, 2.45) is 5.73 Å². The number of nitrogens with one attached hydrogen (secondary N) is 3. The lowest BCUT2D eigenvalue weighted by molar-refractivity contribution is -0.121. The number of nitrogens with zero attached hydrogens (tertiary/aromatic N) is 2. The number of para-hydroxylation sites is 2. The van der Waals surface area contributed by atoms with Crippen LogP contribution in [-0.4, -0.2) is 43.1 Å². The van der Waals surface area contributed by atoms with Gasteiger partial charge in [-0.2, -0.15) is 0 Å². The first-order chi connectivity index (χ1) is 17.4. The number of rotatable bonds is 10. The van der Waals surface area contributed by atoms with Gasteiger partial charge in [0, 0.05) is 42.3 Å². The van der Waals surface area contributed by atoms with E-state index in [0.29, 0.717) is 29.2 Å². The lowest BCUT2D eigenvalue weighted by Crippen LogP contribution is -2.53. The van der Waals surface area contributed by atoms with E-state index >= 15 is 0 Å². The van der Waals surface area contributed by atoms with Crippen molar-refractivity contribution in [3.05, 3.63) is 57.6 Å². The van der Waals surface area contributed by atoms with Gasteiger partial charge in [0.05, 0.1) is 16.9 Å². The van der Waals surface area contributed by atoms with Gasteiger partial charge in [0.15, 0.2) is 5.96 Å². The Hall–Kier alpha value is -2.48. The van der Waals surface area contributed by atoms with Crippen LogP contribution in [-0.2, 0) is 17.8 Å². The van der Waals surface area contributed by atoms with Crippen molar-refractivity contribution in [3.63, 3.8) is 0 Å². The number of nitrogens with two attached hydrogens (primary N) is 1. The SMILES string of the molecule is N=C(N)NCCCCc1cc(Cl)c(CNC2(C(=O)N3CCN(C4CC4)c4ccccc43)CC2)cc1Cl. The van der Waals surface area contributed by atoms with Crippen LogP contribution in [0.15, 0.2) is 36.4 Å². The van der Waals surface area contributed by atoms with Gasteiger partial charge in [0.1, 0.15) is 0 Å². The minimum atomic E-state index is -0.535. The molecular weight excluding hydrogens is 495 g/mol. The highest BCUT2D eigenvalue weighted by Gasteiger charge is 2.52. The normalized spacial score (nSPS) is 18.1. The molecule has 0 radical (unpaired) electrons. The van der Waals surface area contributed by atoms with Gasteiger partial charge in [-0.3, -0.25) is 15.5 Å². The summed E-state index contributed by atoms with van der Waals surface area (Å²) in [5, 5.41) is 14.9. The summed E-state index contributed by atoms with van der Waals surface area (Å²) in [7, 11) is 0. The third kappa shape index (κ3) is 5.43. The summed E-state index contributed by atoms with van der Waals surface area (Å²) < 4.78 is 0. The molecule has 2 aliphatic carbocycles. The van der Waals surface area contributed by atoms with E-state index in [0.717, 1.165) is 62.0 Å². The van der Waals surface area contributed by atoms with Crippen molar-refractivity contribution in [2.45, 2.75) is 63.1 Å². The van der Waals surface area contributed by atoms with Crippen molar-refractivity contribution in [1.29, 1.82) is 5.41 Å². The van der Waals surface area contributed by atoms with Gasteiger partial charge in [0.25, 0.3) is 0 Å². The molecule has 0 saturated heterocycles. The van der Waals surface area contributed by atoms with Crippen LogP contribution in [0.3, 0.4) is 0 Å². The van der Waals surface area contributed by atoms with E-state index in [1.807, 2.05) is 23.1 Å².